The molecule has 0 spiro atoms. The summed E-state index contributed by atoms with van der Waals surface area (Å²) in [6, 6.07) is 9.54. The third-order valence-electron chi connectivity index (χ3n) is 3.77. The Morgan fingerprint density at radius 3 is 2.96 bits per heavy atom. The van der Waals surface area contributed by atoms with Crippen LogP contribution in [0.2, 0.25) is 0 Å². The van der Waals surface area contributed by atoms with Crippen LogP contribution in [0.4, 0.5) is 0 Å². The maximum absolute atomic E-state index is 12.2. The number of hydrogen-bond donors (Lipinski definition) is 2. The molecule has 2 N–H and O–H groups in total. The lowest BCUT2D eigenvalue weighted by Gasteiger charge is -2.29. The molecule has 24 heavy (non-hydrogen) atoms. The van der Waals surface area contributed by atoms with E-state index in [-0.39, 0.29) is 12.0 Å². The molecule has 2 atom stereocenters. The zero-order valence-corrected chi connectivity index (χ0v) is 15.7. The van der Waals surface area contributed by atoms with Crippen molar-refractivity contribution in [3.63, 3.8) is 0 Å². The summed E-state index contributed by atoms with van der Waals surface area (Å²) in [6.45, 7) is 3.26. The number of ether oxygens (including phenoxy) is 1. The van der Waals surface area contributed by atoms with Crippen molar-refractivity contribution in [2.45, 2.75) is 25.6 Å². The van der Waals surface area contributed by atoms with Gasteiger partial charge in [0.25, 0.3) is 0 Å². The molecule has 1 aliphatic heterocycles. The van der Waals surface area contributed by atoms with E-state index < -0.39 is 6.04 Å². The molecule has 2 heterocycles. The summed E-state index contributed by atoms with van der Waals surface area (Å²) in [6.07, 6.45) is 0. The first-order valence-corrected chi connectivity index (χ1v) is 9.46. The lowest BCUT2D eigenvalue weighted by atomic mass is 10.00. The fourth-order valence-corrected chi connectivity index (χ4v) is 4.52. The number of carbonyl (C=O) groups excluding carboxylic acids is 1. The fraction of sp³-hybridized carbons (Fsp3) is 0.353. The van der Waals surface area contributed by atoms with Gasteiger partial charge in [-0.25, -0.2) is 4.79 Å². The molecule has 0 amide bonds. The average molecular weight is 411 g/mol. The molecular formula is C17H19BrN2O3S. The van der Waals surface area contributed by atoms with Crippen molar-refractivity contribution in [3.8, 4) is 0 Å². The monoisotopic (exact) mass is 410 g/mol. The van der Waals surface area contributed by atoms with E-state index in [2.05, 4.69) is 26.7 Å². The standard InChI is InChI=1S/C17H19BrN2O3S/c1-2-22-17(21)15-14-12(18)10-24-16(14)13(8-19-15)20-23-9-11-6-4-3-5-7-11/h3-7,10,13,15,19-20H,2,8-9H2,1H3/t13-,15-/m1/s1. The number of thiophene rings is 1. The molecule has 7 heteroatoms. The zero-order valence-electron chi connectivity index (χ0n) is 13.3. The molecule has 0 unspecified atom stereocenters. The number of hydrogen-bond acceptors (Lipinski definition) is 6. The van der Waals surface area contributed by atoms with Crippen LogP contribution in [-0.2, 0) is 21.0 Å². The van der Waals surface area contributed by atoms with Gasteiger partial charge in [-0.2, -0.15) is 5.48 Å². The van der Waals surface area contributed by atoms with Crippen LogP contribution in [0.25, 0.3) is 0 Å². The Morgan fingerprint density at radius 1 is 1.42 bits per heavy atom. The summed E-state index contributed by atoms with van der Waals surface area (Å²) in [5, 5.41) is 5.24. The van der Waals surface area contributed by atoms with Crippen molar-refractivity contribution in [3.05, 3.63) is 56.2 Å². The molecular weight excluding hydrogens is 392 g/mol. The molecule has 0 saturated heterocycles. The predicted molar refractivity (Wildman–Crippen MR) is 96.5 cm³/mol. The van der Waals surface area contributed by atoms with Crippen LogP contribution in [0.15, 0.2) is 40.2 Å². The summed E-state index contributed by atoms with van der Waals surface area (Å²) in [4.78, 5) is 18.9. The lowest BCUT2D eigenvalue weighted by Crippen LogP contribution is -2.42. The van der Waals surface area contributed by atoms with Crippen molar-refractivity contribution in [1.82, 2.24) is 10.8 Å². The quantitative estimate of drug-likeness (QED) is 0.563. The molecule has 128 valence electrons. The number of halogens is 1. The minimum Gasteiger partial charge on any atom is -0.465 e. The third kappa shape index (κ3) is 3.87. The Hall–Kier alpha value is -1.25. The molecule has 0 saturated carbocycles. The molecule has 1 aromatic carbocycles. The number of benzene rings is 1. The second-order valence-electron chi connectivity index (χ2n) is 5.40. The highest BCUT2D eigenvalue weighted by Gasteiger charge is 2.35. The number of carbonyl (C=O) groups is 1. The maximum Gasteiger partial charge on any atom is 0.327 e. The highest BCUT2D eigenvalue weighted by molar-refractivity contribution is 9.10. The van der Waals surface area contributed by atoms with Crippen LogP contribution in [0.3, 0.4) is 0 Å². The van der Waals surface area contributed by atoms with Gasteiger partial charge >= 0.3 is 5.97 Å². The first kappa shape index (κ1) is 17.6. The highest BCUT2D eigenvalue weighted by Crippen LogP contribution is 2.39. The van der Waals surface area contributed by atoms with Crippen LogP contribution in [0.5, 0.6) is 0 Å². The Labute approximate surface area is 153 Å². The van der Waals surface area contributed by atoms with Gasteiger partial charge in [-0.05, 0) is 28.4 Å². The topological polar surface area (TPSA) is 59.6 Å². The molecule has 0 radical (unpaired) electrons. The van der Waals surface area contributed by atoms with Crippen molar-refractivity contribution < 1.29 is 14.4 Å². The van der Waals surface area contributed by atoms with Gasteiger partial charge in [0.2, 0.25) is 0 Å². The van der Waals surface area contributed by atoms with Crippen molar-refractivity contribution >= 4 is 33.2 Å². The SMILES string of the molecule is CCOC(=O)[C@@H]1NC[C@@H](NOCc2ccccc2)c2scc(Br)c21. The second-order valence-corrected chi connectivity index (χ2v) is 7.17. The van der Waals surface area contributed by atoms with E-state index in [1.165, 1.54) is 0 Å². The van der Waals surface area contributed by atoms with Crippen LogP contribution in [0, 0.1) is 0 Å². The molecule has 5 nitrogen and oxygen atoms in total. The fourth-order valence-electron chi connectivity index (χ4n) is 2.66. The van der Waals surface area contributed by atoms with Gasteiger partial charge in [0.15, 0.2) is 0 Å². The van der Waals surface area contributed by atoms with E-state index >= 15 is 0 Å². The van der Waals surface area contributed by atoms with Gasteiger partial charge in [-0.1, -0.05) is 30.3 Å². The van der Waals surface area contributed by atoms with Gasteiger partial charge in [0.1, 0.15) is 6.04 Å². The van der Waals surface area contributed by atoms with Gasteiger partial charge in [0.05, 0.1) is 19.3 Å². The molecule has 0 aliphatic carbocycles. The molecule has 2 aromatic rings. The average Bonchev–Trinajstić information content (AvgIpc) is 2.99. The normalized spacial score (nSPS) is 19.8. The van der Waals surface area contributed by atoms with Crippen LogP contribution >= 0.6 is 27.3 Å². The summed E-state index contributed by atoms with van der Waals surface area (Å²) in [5.41, 5.74) is 5.14. The minimum atomic E-state index is -0.437. The minimum absolute atomic E-state index is 0.00862. The Bertz CT molecular complexity index is 692. The maximum atomic E-state index is 12.2. The molecule has 0 bridgehead atoms. The van der Waals surface area contributed by atoms with Gasteiger partial charge in [-0.3, -0.25) is 10.2 Å². The van der Waals surface area contributed by atoms with E-state index in [0.717, 1.165) is 20.5 Å². The summed E-state index contributed by atoms with van der Waals surface area (Å²) >= 11 is 5.15. The number of esters is 1. The molecule has 3 rings (SSSR count). The lowest BCUT2D eigenvalue weighted by molar-refractivity contribution is -0.146. The summed E-state index contributed by atoms with van der Waals surface area (Å²) < 4.78 is 6.09. The van der Waals surface area contributed by atoms with E-state index in [1.54, 1.807) is 11.3 Å². The highest BCUT2D eigenvalue weighted by atomic mass is 79.9. The van der Waals surface area contributed by atoms with Crippen molar-refractivity contribution in [2.75, 3.05) is 13.2 Å². The third-order valence-corrected chi connectivity index (χ3v) is 5.84. The molecule has 0 fully saturated rings. The van der Waals surface area contributed by atoms with Gasteiger partial charge in [0, 0.05) is 26.8 Å². The first-order valence-electron chi connectivity index (χ1n) is 7.78. The summed E-state index contributed by atoms with van der Waals surface area (Å²) in [7, 11) is 0. The predicted octanol–water partition coefficient (Wildman–Crippen LogP) is 3.48. The number of hydroxylamine groups is 1. The van der Waals surface area contributed by atoms with Gasteiger partial charge < -0.3 is 4.74 Å². The van der Waals surface area contributed by atoms with E-state index in [4.69, 9.17) is 9.57 Å². The number of rotatable bonds is 6. The van der Waals surface area contributed by atoms with E-state index in [0.29, 0.717) is 19.8 Å². The molecule has 1 aromatic heterocycles. The van der Waals surface area contributed by atoms with Gasteiger partial charge in [-0.15, -0.1) is 11.3 Å². The van der Waals surface area contributed by atoms with E-state index in [9.17, 15) is 4.79 Å². The van der Waals surface area contributed by atoms with Crippen LogP contribution < -0.4 is 10.8 Å². The van der Waals surface area contributed by atoms with Crippen LogP contribution in [-0.4, -0.2) is 19.1 Å². The second kappa shape index (κ2) is 8.22. The smallest absolute Gasteiger partial charge is 0.327 e. The molecule has 1 aliphatic rings. The first-order chi connectivity index (χ1) is 11.7. The zero-order chi connectivity index (χ0) is 16.9. The van der Waals surface area contributed by atoms with Crippen molar-refractivity contribution in [1.29, 1.82) is 0 Å². The number of nitrogens with one attached hydrogen (secondary N) is 2. The van der Waals surface area contributed by atoms with Crippen molar-refractivity contribution in [2.24, 2.45) is 0 Å². The summed E-state index contributed by atoms with van der Waals surface area (Å²) in [5.74, 6) is -0.249. The largest absolute Gasteiger partial charge is 0.465 e. The van der Waals surface area contributed by atoms with E-state index in [1.807, 2.05) is 42.6 Å². The Balaban J connectivity index is 1.67. The Morgan fingerprint density at radius 2 is 2.21 bits per heavy atom. The van der Waals surface area contributed by atoms with Crippen LogP contribution in [0.1, 0.15) is 35.0 Å². The number of fused-ring (bicyclic) bond motifs is 1. The Kier molecular flexibility index (Phi) is 6.02.